The standard InChI is InChI=1S/C22H23NO6S2/c1-3-28-18(25)16-11-10-15(12-24)17(19(26)29-4-2)22(16)20(27)23-21(31-22)30-13-14-8-6-5-7-9-14/h5-10,12,16-17H,3-4,11,13H2,1-2H3/t16-,17-,22-/m0/s1. The molecule has 0 unspecified atom stereocenters. The van der Waals surface area contributed by atoms with Gasteiger partial charge in [-0.2, -0.15) is 4.99 Å². The van der Waals surface area contributed by atoms with E-state index in [9.17, 15) is 19.2 Å². The van der Waals surface area contributed by atoms with Gasteiger partial charge >= 0.3 is 11.9 Å². The molecule has 0 radical (unpaired) electrons. The number of amides is 1. The van der Waals surface area contributed by atoms with E-state index in [4.69, 9.17) is 9.47 Å². The van der Waals surface area contributed by atoms with Gasteiger partial charge in [-0.1, -0.05) is 59.9 Å². The number of carbonyl (C=O) groups is 4. The quantitative estimate of drug-likeness (QED) is 0.451. The third-order valence-electron chi connectivity index (χ3n) is 5.09. The van der Waals surface area contributed by atoms with E-state index < -0.39 is 34.4 Å². The number of aliphatic imine (C=N–C) groups is 1. The van der Waals surface area contributed by atoms with Gasteiger partial charge in [-0.05, 0) is 25.8 Å². The zero-order valence-corrected chi connectivity index (χ0v) is 18.9. The third kappa shape index (κ3) is 4.62. The minimum atomic E-state index is -1.59. The first-order valence-electron chi connectivity index (χ1n) is 9.95. The summed E-state index contributed by atoms with van der Waals surface area (Å²) in [4.78, 5) is 54.9. The maximum absolute atomic E-state index is 13.3. The average Bonchev–Trinajstić information content (AvgIpc) is 3.08. The molecule has 3 rings (SSSR count). The summed E-state index contributed by atoms with van der Waals surface area (Å²) in [5.41, 5.74) is 1.18. The molecule has 1 aliphatic heterocycles. The van der Waals surface area contributed by atoms with E-state index in [1.165, 1.54) is 17.8 Å². The molecule has 0 N–H and O–H groups in total. The summed E-state index contributed by atoms with van der Waals surface area (Å²) in [7, 11) is 0. The number of hydrogen-bond acceptors (Lipinski definition) is 8. The van der Waals surface area contributed by atoms with E-state index in [1.54, 1.807) is 13.8 Å². The zero-order chi connectivity index (χ0) is 22.4. The van der Waals surface area contributed by atoms with Crippen LogP contribution in [0.3, 0.4) is 0 Å². The number of allylic oxidation sites excluding steroid dienone is 1. The Balaban J connectivity index is 1.97. The van der Waals surface area contributed by atoms with E-state index in [-0.39, 0.29) is 25.2 Å². The fourth-order valence-corrected chi connectivity index (χ4v) is 6.42. The van der Waals surface area contributed by atoms with Crippen molar-refractivity contribution in [3.05, 3.63) is 47.5 Å². The van der Waals surface area contributed by atoms with Crippen molar-refractivity contribution in [2.75, 3.05) is 13.2 Å². The van der Waals surface area contributed by atoms with Crippen LogP contribution in [0, 0.1) is 11.8 Å². The Bertz CT molecular complexity index is 929. The highest BCUT2D eigenvalue weighted by molar-refractivity contribution is 8.39. The van der Waals surface area contributed by atoms with Gasteiger partial charge in [-0.25, -0.2) is 0 Å². The van der Waals surface area contributed by atoms with Crippen LogP contribution in [0.2, 0.25) is 0 Å². The lowest BCUT2D eigenvalue weighted by Crippen LogP contribution is -2.55. The van der Waals surface area contributed by atoms with Crippen LogP contribution in [-0.4, -0.2) is 46.5 Å². The molecule has 7 nitrogen and oxygen atoms in total. The molecule has 0 aromatic heterocycles. The van der Waals surface area contributed by atoms with Gasteiger partial charge in [0.15, 0.2) is 0 Å². The first kappa shape index (κ1) is 23.3. The Hall–Kier alpha value is -2.39. The van der Waals surface area contributed by atoms with Crippen molar-refractivity contribution in [1.29, 1.82) is 0 Å². The largest absolute Gasteiger partial charge is 0.466 e. The van der Waals surface area contributed by atoms with Gasteiger partial charge in [-0.3, -0.25) is 19.2 Å². The van der Waals surface area contributed by atoms with Crippen molar-refractivity contribution in [1.82, 2.24) is 0 Å². The molecular formula is C22H23NO6S2. The van der Waals surface area contributed by atoms with Crippen LogP contribution < -0.4 is 0 Å². The maximum Gasteiger partial charge on any atom is 0.315 e. The van der Waals surface area contributed by atoms with Crippen molar-refractivity contribution < 1.29 is 28.7 Å². The lowest BCUT2D eigenvalue weighted by molar-refractivity contribution is -0.157. The van der Waals surface area contributed by atoms with Gasteiger partial charge in [0.2, 0.25) is 0 Å². The molecule has 0 saturated heterocycles. The molecule has 0 bridgehead atoms. The molecule has 0 saturated carbocycles. The number of aldehydes is 1. The molecule has 1 aromatic rings. The molecular weight excluding hydrogens is 438 g/mol. The van der Waals surface area contributed by atoms with E-state index in [2.05, 4.69) is 4.99 Å². The summed E-state index contributed by atoms with van der Waals surface area (Å²) in [6.07, 6.45) is 2.17. The average molecular weight is 462 g/mol. The molecule has 1 heterocycles. The van der Waals surface area contributed by atoms with Gasteiger partial charge in [0.25, 0.3) is 5.91 Å². The number of nitrogens with zero attached hydrogens (tertiary/aromatic N) is 1. The first-order valence-corrected chi connectivity index (χ1v) is 11.7. The number of rotatable bonds is 7. The Morgan fingerprint density at radius 2 is 1.87 bits per heavy atom. The fraction of sp³-hybridized carbons (Fsp3) is 0.409. The van der Waals surface area contributed by atoms with E-state index in [1.807, 2.05) is 30.3 Å². The van der Waals surface area contributed by atoms with Crippen LogP contribution in [0.1, 0.15) is 25.8 Å². The summed E-state index contributed by atoms with van der Waals surface area (Å²) >= 11 is 2.42. The molecule has 3 atom stereocenters. The van der Waals surface area contributed by atoms with Crippen LogP contribution >= 0.6 is 23.5 Å². The molecule has 0 fully saturated rings. The lowest BCUT2D eigenvalue weighted by Gasteiger charge is -2.40. The summed E-state index contributed by atoms with van der Waals surface area (Å²) in [6, 6.07) is 9.67. The summed E-state index contributed by atoms with van der Waals surface area (Å²) in [6.45, 7) is 3.53. The highest BCUT2D eigenvalue weighted by atomic mass is 32.2. The minimum Gasteiger partial charge on any atom is -0.466 e. The minimum absolute atomic E-state index is 0.0803. The van der Waals surface area contributed by atoms with Gasteiger partial charge in [-0.15, -0.1) is 0 Å². The number of ether oxygens (including phenoxy) is 2. The second kappa shape index (κ2) is 10.3. The predicted octanol–water partition coefficient (Wildman–Crippen LogP) is 3.18. The Labute approximate surface area is 189 Å². The van der Waals surface area contributed by atoms with Crippen molar-refractivity contribution in [3.8, 4) is 0 Å². The van der Waals surface area contributed by atoms with E-state index >= 15 is 0 Å². The number of hydrogen-bond donors (Lipinski definition) is 0. The normalized spacial score (nSPS) is 25.0. The van der Waals surface area contributed by atoms with Crippen molar-refractivity contribution >= 4 is 52.0 Å². The highest BCUT2D eigenvalue weighted by Gasteiger charge is 2.64. The van der Waals surface area contributed by atoms with E-state index in [0.29, 0.717) is 16.4 Å². The number of esters is 2. The third-order valence-corrected chi connectivity index (χ3v) is 7.81. The van der Waals surface area contributed by atoms with Gasteiger partial charge in [0.1, 0.15) is 21.3 Å². The smallest absolute Gasteiger partial charge is 0.315 e. The molecule has 1 aromatic carbocycles. The van der Waals surface area contributed by atoms with Gasteiger partial charge in [0, 0.05) is 11.3 Å². The van der Waals surface area contributed by atoms with E-state index in [0.717, 1.165) is 17.3 Å². The highest BCUT2D eigenvalue weighted by Crippen LogP contribution is 2.54. The molecule has 164 valence electrons. The molecule has 9 heteroatoms. The van der Waals surface area contributed by atoms with Crippen LogP contribution in [0.5, 0.6) is 0 Å². The number of carbonyl (C=O) groups excluding carboxylic acids is 4. The topological polar surface area (TPSA) is 99.1 Å². The number of benzene rings is 1. The van der Waals surface area contributed by atoms with Crippen molar-refractivity contribution in [3.63, 3.8) is 0 Å². The van der Waals surface area contributed by atoms with Crippen molar-refractivity contribution in [2.24, 2.45) is 16.8 Å². The SMILES string of the molecule is CCOC(=O)[C@@H]1C(C=O)=CC[C@@H](C(=O)OCC)[C@]12SC(SCc1ccccc1)=NC2=O. The first-order chi connectivity index (χ1) is 15.0. The molecule has 1 spiro atoms. The molecule has 1 aliphatic carbocycles. The Morgan fingerprint density at radius 3 is 2.52 bits per heavy atom. The molecule has 1 amide bonds. The monoisotopic (exact) mass is 461 g/mol. The fourth-order valence-electron chi connectivity index (χ4n) is 3.73. The van der Waals surface area contributed by atoms with Crippen LogP contribution in [0.4, 0.5) is 0 Å². The maximum atomic E-state index is 13.3. The predicted molar refractivity (Wildman–Crippen MR) is 120 cm³/mol. The zero-order valence-electron chi connectivity index (χ0n) is 17.2. The Kier molecular flexibility index (Phi) is 7.72. The second-order valence-corrected chi connectivity index (χ2v) is 9.39. The summed E-state index contributed by atoms with van der Waals surface area (Å²) in [5, 5.41) is 0. The summed E-state index contributed by atoms with van der Waals surface area (Å²) < 4.78 is 9.25. The van der Waals surface area contributed by atoms with Gasteiger partial charge < -0.3 is 9.47 Å². The van der Waals surface area contributed by atoms with Crippen molar-refractivity contribution in [2.45, 2.75) is 30.8 Å². The van der Waals surface area contributed by atoms with Gasteiger partial charge in [0.05, 0.1) is 19.1 Å². The van der Waals surface area contributed by atoms with Crippen LogP contribution in [0.15, 0.2) is 47.0 Å². The Morgan fingerprint density at radius 1 is 1.19 bits per heavy atom. The number of thioether (sulfide) groups is 2. The molecule has 31 heavy (non-hydrogen) atoms. The summed E-state index contributed by atoms with van der Waals surface area (Å²) in [5.74, 6) is -3.55. The second-order valence-electron chi connectivity index (χ2n) is 6.90. The molecule has 2 aliphatic rings. The van der Waals surface area contributed by atoms with Crippen LogP contribution in [0.25, 0.3) is 0 Å². The lowest BCUT2D eigenvalue weighted by atomic mass is 9.70. The van der Waals surface area contributed by atoms with Crippen LogP contribution in [-0.2, 0) is 34.4 Å².